The normalized spacial score (nSPS) is 27.0. The Morgan fingerprint density at radius 3 is 2.57 bits per heavy atom. The molecular weight excluding hydrogens is 208 g/mol. The van der Waals surface area contributed by atoms with Crippen molar-refractivity contribution in [2.24, 2.45) is 5.92 Å². The van der Waals surface area contributed by atoms with Gasteiger partial charge in [0.15, 0.2) is 0 Å². The van der Waals surface area contributed by atoms with Crippen molar-refractivity contribution < 1.29 is 0 Å². The summed E-state index contributed by atoms with van der Waals surface area (Å²) in [6.45, 7) is 9.49. The van der Waals surface area contributed by atoms with Crippen molar-refractivity contribution in [3.63, 3.8) is 0 Å². The molecule has 84 valence electrons. The van der Waals surface area contributed by atoms with E-state index in [-0.39, 0.29) is 0 Å². The summed E-state index contributed by atoms with van der Waals surface area (Å²) >= 11 is 4.34. The van der Waals surface area contributed by atoms with Crippen LogP contribution in [0.15, 0.2) is 0 Å². The fourth-order valence-corrected chi connectivity index (χ4v) is 3.95. The standard InChI is InChI=1S/C12H24S2/c1-5-10(3)7-12(4,6-2)14-9-11-8-13-11/h10-11H,5-9H2,1-4H3. The Kier molecular flexibility index (Phi) is 5.19. The summed E-state index contributed by atoms with van der Waals surface area (Å²) in [6.07, 6.45) is 4.04. The summed E-state index contributed by atoms with van der Waals surface area (Å²) in [7, 11) is 0. The molecule has 0 nitrogen and oxygen atoms in total. The molecule has 1 aliphatic heterocycles. The second-order valence-corrected chi connectivity index (χ2v) is 7.73. The SMILES string of the molecule is CCC(C)CC(C)(CC)SCC1CS1. The van der Waals surface area contributed by atoms with Crippen LogP contribution in [0.4, 0.5) is 0 Å². The Bertz CT molecular complexity index is 166. The van der Waals surface area contributed by atoms with Crippen LogP contribution in [0, 0.1) is 5.92 Å². The molecule has 0 aromatic rings. The van der Waals surface area contributed by atoms with Crippen LogP contribution in [0.25, 0.3) is 0 Å². The third-order valence-electron chi connectivity index (χ3n) is 3.25. The Morgan fingerprint density at radius 1 is 1.50 bits per heavy atom. The summed E-state index contributed by atoms with van der Waals surface area (Å²) in [6, 6.07) is 0. The molecule has 14 heavy (non-hydrogen) atoms. The van der Waals surface area contributed by atoms with Gasteiger partial charge in [0.2, 0.25) is 0 Å². The van der Waals surface area contributed by atoms with Gasteiger partial charge < -0.3 is 0 Å². The van der Waals surface area contributed by atoms with E-state index in [1.165, 1.54) is 30.8 Å². The lowest BCUT2D eigenvalue weighted by Crippen LogP contribution is -2.23. The summed E-state index contributed by atoms with van der Waals surface area (Å²) in [5, 5.41) is 0.989. The van der Waals surface area contributed by atoms with Gasteiger partial charge in [0.1, 0.15) is 0 Å². The maximum atomic E-state index is 2.46. The lowest BCUT2D eigenvalue weighted by atomic mass is 9.93. The van der Waals surface area contributed by atoms with Gasteiger partial charge in [-0.25, -0.2) is 0 Å². The van der Waals surface area contributed by atoms with E-state index in [0.29, 0.717) is 4.75 Å². The molecule has 0 aliphatic carbocycles. The molecule has 0 spiro atoms. The zero-order valence-electron chi connectivity index (χ0n) is 10.0. The molecule has 3 unspecified atom stereocenters. The van der Waals surface area contributed by atoms with Gasteiger partial charge in [-0.15, -0.1) is 0 Å². The molecular formula is C12H24S2. The van der Waals surface area contributed by atoms with E-state index in [4.69, 9.17) is 0 Å². The van der Waals surface area contributed by atoms with E-state index in [1.807, 2.05) is 0 Å². The summed E-state index contributed by atoms with van der Waals surface area (Å²) in [5.74, 6) is 3.68. The average molecular weight is 232 g/mol. The molecule has 0 bridgehead atoms. The van der Waals surface area contributed by atoms with Crippen molar-refractivity contribution in [1.29, 1.82) is 0 Å². The second-order valence-electron chi connectivity index (χ2n) is 4.79. The van der Waals surface area contributed by atoms with E-state index >= 15 is 0 Å². The minimum atomic E-state index is 0.540. The fraction of sp³-hybridized carbons (Fsp3) is 1.00. The van der Waals surface area contributed by atoms with Crippen LogP contribution >= 0.6 is 23.5 Å². The zero-order chi connectivity index (χ0) is 10.6. The van der Waals surface area contributed by atoms with Crippen LogP contribution in [-0.4, -0.2) is 21.5 Å². The summed E-state index contributed by atoms with van der Waals surface area (Å²) in [5.41, 5.74) is 0. The molecule has 1 aliphatic rings. The lowest BCUT2D eigenvalue weighted by molar-refractivity contribution is 0.429. The van der Waals surface area contributed by atoms with Crippen molar-refractivity contribution in [2.75, 3.05) is 11.5 Å². The smallest absolute Gasteiger partial charge is 0.0229 e. The highest BCUT2D eigenvalue weighted by atomic mass is 32.2. The van der Waals surface area contributed by atoms with Crippen LogP contribution in [0.2, 0.25) is 0 Å². The molecule has 3 atom stereocenters. The molecule has 0 aromatic heterocycles. The number of rotatable bonds is 7. The van der Waals surface area contributed by atoms with Crippen molar-refractivity contribution in [1.82, 2.24) is 0 Å². The van der Waals surface area contributed by atoms with Crippen molar-refractivity contribution in [3.8, 4) is 0 Å². The molecule has 0 aromatic carbocycles. The monoisotopic (exact) mass is 232 g/mol. The first kappa shape index (κ1) is 12.8. The van der Waals surface area contributed by atoms with E-state index in [1.54, 1.807) is 0 Å². The van der Waals surface area contributed by atoms with Crippen LogP contribution in [0.5, 0.6) is 0 Å². The third-order valence-corrected chi connectivity index (χ3v) is 6.15. The number of hydrogen-bond donors (Lipinski definition) is 0. The van der Waals surface area contributed by atoms with Gasteiger partial charge in [-0.05, 0) is 18.8 Å². The minimum absolute atomic E-state index is 0.540. The highest BCUT2D eigenvalue weighted by molar-refractivity contribution is 8.09. The van der Waals surface area contributed by atoms with Gasteiger partial charge in [0.05, 0.1) is 0 Å². The predicted molar refractivity (Wildman–Crippen MR) is 71.5 cm³/mol. The van der Waals surface area contributed by atoms with Crippen LogP contribution in [0.3, 0.4) is 0 Å². The zero-order valence-corrected chi connectivity index (χ0v) is 11.6. The van der Waals surface area contributed by atoms with Gasteiger partial charge in [0, 0.05) is 21.5 Å². The van der Waals surface area contributed by atoms with E-state index < -0.39 is 0 Å². The topological polar surface area (TPSA) is 0 Å². The highest BCUT2D eigenvalue weighted by Crippen LogP contribution is 2.41. The first-order chi connectivity index (χ1) is 6.59. The van der Waals surface area contributed by atoms with Gasteiger partial charge in [-0.2, -0.15) is 23.5 Å². The van der Waals surface area contributed by atoms with Crippen molar-refractivity contribution in [2.45, 2.75) is 57.0 Å². The van der Waals surface area contributed by atoms with Gasteiger partial charge >= 0.3 is 0 Å². The van der Waals surface area contributed by atoms with E-state index in [2.05, 4.69) is 51.2 Å². The molecule has 0 radical (unpaired) electrons. The fourth-order valence-electron chi connectivity index (χ4n) is 1.65. The molecule has 1 heterocycles. The Balaban J connectivity index is 2.29. The lowest BCUT2D eigenvalue weighted by Gasteiger charge is -2.30. The van der Waals surface area contributed by atoms with Crippen LogP contribution < -0.4 is 0 Å². The average Bonchev–Trinajstić information content (AvgIpc) is 2.98. The van der Waals surface area contributed by atoms with E-state index in [0.717, 1.165) is 11.2 Å². The van der Waals surface area contributed by atoms with Crippen molar-refractivity contribution in [3.05, 3.63) is 0 Å². The molecule has 1 fully saturated rings. The maximum absolute atomic E-state index is 2.46. The Hall–Kier alpha value is 0.700. The van der Waals surface area contributed by atoms with Crippen LogP contribution in [-0.2, 0) is 0 Å². The van der Waals surface area contributed by atoms with Gasteiger partial charge in [-0.1, -0.05) is 34.1 Å². The second kappa shape index (κ2) is 5.69. The molecule has 0 saturated carbocycles. The molecule has 0 N–H and O–H groups in total. The predicted octanol–water partition coefficient (Wildman–Crippen LogP) is 4.44. The van der Waals surface area contributed by atoms with E-state index in [9.17, 15) is 0 Å². The molecule has 2 heteroatoms. The summed E-state index contributed by atoms with van der Waals surface area (Å²) in [4.78, 5) is 0. The number of hydrogen-bond acceptors (Lipinski definition) is 2. The molecule has 0 amide bonds. The molecule has 1 rings (SSSR count). The third kappa shape index (κ3) is 4.48. The minimum Gasteiger partial charge on any atom is -0.156 e. The first-order valence-corrected chi connectivity index (χ1v) is 7.88. The maximum Gasteiger partial charge on any atom is 0.0229 e. The first-order valence-electron chi connectivity index (χ1n) is 5.85. The highest BCUT2D eigenvalue weighted by Gasteiger charge is 2.29. The molecule has 1 saturated heterocycles. The van der Waals surface area contributed by atoms with Gasteiger partial charge in [0.25, 0.3) is 0 Å². The summed E-state index contributed by atoms with van der Waals surface area (Å²) < 4.78 is 0.540. The number of thioether (sulfide) groups is 2. The Morgan fingerprint density at radius 2 is 2.14 bits per heavy atom. The Labute approximate surface area is 98.0 Å². The van der Waals surface area contributed by atoms with Crippen molar-refractivity contribution >= 4 is 23.5 Å². The quantitative estimate of drug-likeness (QED) is 0.595. The largest absolute Gasteiger partial charge is 0.156 e. The van der Waals surface area contributed by atoms with Crippen LogP contribution in [0.1, 0.15) is 47.0 Å². The van der Waals surface area contributed by atoms with Gasteiger partial charge in [-0.3, -0.25) is 0 Å².